The first kappa shape index (κ1) is 8.00. The van der Waals surface area contributed by atoms with Crippen molar-refractivity contribution in [2.45, 2.75) is 12.8 Å². The van der Waals surface area contributed by atoms with E-state index in [1.807, 2.05) is 0 Å². The van der Waals surface area contributed by atoms with Crippen LogP contribution < -0.4 is 0 Å². The molecule has 1 rings (SSSR count). The van der Waals surface area contributed by atoms with Crippen molar-refractivity contribution in [2.24, 2.45) is 0 Å². The summed E-state index contributed by atoms with van der Waals surface area (Å²) < 4.78 is 0. The highest BCUT2D eigenvalue weighted by Gasteiger charge is 2.27. The van der Waals surface area contributed by atoms with E-state index >= 15 is 0 Å². The molecule has 5 nitrogen and oxygen atoms in total. The minimum atomic E-state index is -0.569. The lowest BCUT2D eigenvalue weighted by atomic mass is 10.3. The van der Waals surface area contributed by atoms with Crippen molar-refractivity contribution in [3.63, 3.8) is 0 Å². The molecule has 0 radical (unpaired) electrons. The average Bonchev–Trinajstić information content (AvgIpc) is 1.98. The number of aliphatic hydroxyl groups excluding tert-OH is 1. The summed E-state index contributed by atoms with van der Waals surface area (Å²) in [5, 5.41) is 9.30. The second-order valence-corrected chi connectivity index (χ2v) is 2.18. The van der Waals surface area contributed by atoms with Gasteiger partial charge in [-0.2, -0.15) is 5.06 Å². The predicted molar refractivity (Wildman–Crippen MR) is 34.1 cm³/mol. The van der Waals surface area contributed by atoms with Gasteiger partial charge in [0.05, 0.1) is 26.0 Å². The first-order chi connectivity index (χ1) is 5.24. The second-order valence-electron chi connectivity index (χ2n) is 2.18. The van der Waals surface area contributed by atoms with Gasteiger partial charge in [-0.3, -0.25) is 4.79 Å². The molecule has 0 atom stereocenters. The smallest absolute Gasteiger partial charge is 0.334 e. The van der Waals surface area contributed by atoms with Crippen LogP contribution in [0, 0.1) is 0 Å². The molecular weight excluding hydrogens is 150 g/mol. The van der Waals surface area contributed by atoms with Crippen molar-refractivity contribution in [2.75, 3.05) is 13.2 Å². The summed E-state index contributed by atoms with van der Waals surface area (Å²) in [5.41, 5.74) is 0. The number of hydrogen-bond acceptors (Lipinski definition) is 4. The summed E-state index contributed by atoms with van der Waals surface area (Å²) >= 11 is 0. The van der Waals surface area contributed by atoms with E-state index in [1.54, 1.807) is 0 Å². The standard InChI is InChI=1S/C6H9NO4/c8-4-2-6(10)11-7-3-1-5(7)9/h8H,1-4H2. The lowest BCUT2D eigenvalue weighted by Crippen LogP contribution is -2.44. The van der Waals surface area contributed by atoms with Gasteiger partial charge >= 0.3 is 5.97 Å². The largest absolute Gasteiger partial charge is 0.396 e. The highest BCUT2D eigenvalue weighted by molar-refractivity contribution is 5.82. The lowest BCUT2D eigenvalue weighted by Gasteiger charge is -2.27. The van der Waals surface area contributed by atoms with Crippen LogP contribution in [0.3, 0.4) is 0 Å². The molecule has 0 aromatic carbocycles. The van der Waals surface area contributed by atoms with Crippen LogP contribution in [-0.4, -0.2) is 35.2 Å². The van der Waals surface area contributed by atoms with E-state index in [2.05, 4.69) is 4.84 Å². The van der Waals surface area contributed by atoms with Gasteiger partial charge in [-0.05, 0) is 0 Å². The zero-order valence-electron chi connectivity index (χ0n) is 5.95. The van der Waals surface area contributed by atoms with Gasteiger partial charge in [0.1, 0.15) is 0 Å². The Morgan fingerprint density at radius 2 is 2.45 bits per heavy atom. The molecule has 5 heteroatoms. The Bertz CT molecular complexity index is 179. The van der Waals surface area contributed by atoms with Crippen molar-refractivity contribution in [1.82, 2.24) is 5.06 Å². The SMILES string of the molecule is O=C(CCO)ON1CCC1=O. The maximum Gasteiger partial charge on any atom is 0.334 e. The normalized spacial score (nSPS) is 16.1. The van der Waals surface area contributed by atoms with Gasteiger partial charge in [-0.25, -0.2) is 4.79 Å². The lowest BCUT2D eigenvalue weighted by molar-refractivity contribution is -0.212. The molecule has 1 N–H and O–H groups in total. The summed E-state index contributed by atoms with van der Waals surface area (Å²) in [6, 6.07) is 0. The van der Waals surface area contributed by atoms with E-state index in [0.29, 0.717) is 13.0 Å². The Morgan fingerprint density at radius 3 is 2.82 bits per heavy atom. The van der Waals surface area contributed by atoms with Crippen molar-refractivity contribution >= 4 is 11.9 Å². The van der Waals surface area contributed by atoms with Crippen LogP contribution in [0.1, 0.15) is 12.8 Å². The number of β-lactam (4-membered cyclic amide) rings is 1. The molecule has 0 spiro atoms. The van der Waals surface area contributed by atoms with Gasteiger partial charge in [0, 0.05) is 0 Å². The number of carbonyl (C=O) groups is 2. The molecule has 1 aliphatic heterocycles. The fraction of sp³-hybridized carbons (Fsp3) is 0.667. The van der Waals surface area contributed by atoms with E-state index < -0.39 is 5.97 Å². The molecule has 11 heavy (non-hydrogen) atoms. The van der Waals surface area contributed by atoms with Crippen LogP contribution in [-0.2, 0) is 14.4 Å². The fourth-order valence-corrected chi connectivity index (χ4v) is 0.651. The Kier molecular flexibility index (Phi) is 2.43. The maximum absolute atomic E-state index is 10.6. The Hall–Kier alpha value is -1.10. The van der Waals surface area contributed by atoms with Gasteiger partial charge in [0.15, 0.2) is 0 Å². The van der Waals surface area contributed by atoms with Gasteiger partial charge in [0.25, 0.3) is 5.91 Å². The zero-order valence-corrected chi connectivity index (χ0v) is 5.95. The molecule has 0 bridgehead atoms. The fourth-order valence-electron chi connectivity index (χ4n) is 0.651. The van der Waals surface area contributed by atoms with Crippen molar-refractivity contribution in [1.29, 1.82) is 0 Å². The van der Waals surface area contributed by atoms with Crippen LogP contribution >= 0.6 is 0 Å². The summed E-state index contributed by atoms with van der Waals surface area (Å²) in [7, 11) is 0. The molecule has 1 aliphatic rings. The van der Waals surface area contributed by atoms with Crippen LogP contribution in [0.25, 0.3) is 0 Å². The first-order valence-corrected chi connectivity index (χ1v) is 3.36. The summed E-state index contributed by atoms with van der Waals surface area (Å²) in [4.78, 5) is 25.7. The number of hydroxylamine groups is 2. The minimum absolute atomic E-state index is 0.0657. The Labute approximate surface area is 63.5 Å². The van der Waals surface area contributed by atoms with Gasteiger partial charge in [-0.15, -0.1) is 0 Å². The second kappa shape index (κ2) is 3.34. The molecule has 0 unspecified atom stereocenters. The molecule has 1 saturated heterocycles. The van der Waals surface area contributed by atoms with Gasteiger partial charge in [-0.1, -0.05) is 0 Å². The molecule has 0 saturated carbocycles. The number of amides is 1. The van der Waals surface area contributed by atoms with E-state index in [9.17, 15) is 9.59 Å². The first-order valence-electron chi connectivity index (χ1n) is 3.36. The van der Waals surface area contributed by atoms with Crippen LogP contribution in [0.2, 0.25) is 0 Å². The number of rotatable bonds is 3. The molecule has 1 fully saturated rings. The quantitative estimate of drug-likeness (QED) is 0.539. The van der Waals surface area contributed by atoms with Crippen molar-refractivity contribution in [3.8, 4) is 0 Å². The summed E-state index contributed by atoms with van der Waals surface area (Å²) in [6.07, 6.45) is 0.371. The van der Waals surface area contributed by atoms with E-state index in [1.165, 1.54) is 0 Å². The Morgan fingerprint density at radius 1 is 1.73 bits per heavy atom. The maximum atomic E-state index is 10.6. The van der Waals surface area contributed by atoms with Crippen LogP contribution in [0.4, 0.5) is 0 Å². The van der Waals surface area contributed by atoms with Crippen molar-refractivity contribution in [3.05, 3.63) is 0 Å². The van der Waals surface area contributed by atoms with Gasteiger partial charge in [0.2, 0.25) is 0 Å². The average molecular weight is 159 g/mol. The third-order valence-corrected chi connectivity index (χ3v) is 1.33. The molecular formula is C6H9NO4. The van der Waals surface area contributed by atoms with E-state index in [4.69, 9.17) is 5.11 Å². The third-order valence-electron chi connectivity index (χ3n) is 1.33. The molecule has 0 aromatic heterocycles. The highest BCUT2D eigenvalue weighted by atomic mass is 16.7. The summed E-state index contributed by atoms with van der Waals surface area (Å²) in [6.45, 7) is 0.219. The number of carbonyl (C=O) groups excluding carboxylic acids is 2. The highest BCUT2D eigenvalue weighted by Crippen LogP contribution is 2.08. The number of nitrogens with zero attached hydrogens (tertiary/aromatic N) is 1. The van der Waals surface area contributed by atoms with Crippen LogP contribution in [0.5, 0.6) is 0 Å². The van der Waals surface area contributed by atoms with E-state index in [0.717, 1.165) is 5.06 Å². The Balaban J connectivity index is 2.19. The van der Waals surface area contributed by atoms with Crippen molar-refractivity contribution < 1.29 is 19.5 Å². The topological polar surface area (TPSA) is 66.8 Å². The molecule has 1 heterocycles. The molecule has 0 aliphatic carbocycles. The molecule has 62 valence electrons. The molecule has 0 aromatic rings. The number of hydrogen-bond donors (Lipinski definition) is 1. The van der Waals surface area contributed by atoms with E-state index in [-0.39, 0.29) is 18.9 Å². The third kappa shape index (κ3) is 1.91. The molecule has 1 amide bonds. The monoisotopic (exact) mass is 159 g/mol. The summed E-state index contributed by atoms with van der Waals surface area (Å²) in [5.74, 6) is -0.753. The minimum Gasteiger partial charge on any atom is -0.396 e. The number of aliphatic hydroxyl groups is 1. The van der Waals surface area contributed by atoms with Crippen LogP contribution in [0.15, 0.2) is 0 Å². The predicted octanol–water partition coefficient (Wildman–Crippen LogP) is -0.941. The zero-order chi connectivity index (χ0) is 8.27. The van der Waals surface area contributed by atoms with Gasteiger partial charge < -0.3 is 9.94 Å².